The number of hydrogen-bond donors (Lipinski definition) is 2. The van der Waals surface area contributed by atoms with Gasteiger partial charge in [0.15, 0.2) is 0 Å². The normalized spacial score (nSPS) is 22.7. The number of nitrogens with one attached hydrogen (secondary N) is 1. The minimum atomic E-state index is -3.58. The van der Waals surface area contributed by atoms with Crippen molar-refractivity contribution in [2.45, 2.75) is 51.4 Å². The number of unbranched alkanes of at least 4 members (excludes halogenated alkanes) is 1. The first-order valence-electron chi connectivity index (χ1n) is 10.6. The Morgan fingerprint density at radius 1 is 1.22 bits per heavy atom. The van der Waals surface area contributed by atoms with Crippen LogP contribution in [-0.4, -0.2) is 111 Å². The van der Waals surface area contributed by atoms with Crippen LogP contribution in [-0.2, 0) is 23.8 Å². The fourth-order valence-corrected chi connectivity index (χ4v) is 3.93. The molecule has 0 radical (unpaired) electrons. The number of carbonyl (C=O) groups is 2. The van der Waals surface area contributed by atoms with E-state index < -0.39 is 40.1 Å². The van der Waals surface area contributed by atoms with Crippen molar-refractivity contribution in [1.82, 2.24) is 14.7 Å². The lowest BCUT2D eigenvalue weighted by atomic mass is 10.1. The van der Waals surface area contributed by atoms with E-state index in [2.05, 4.69) is 4.90 Å². The van der Waals surface area contributed by atoms with Crippen LogP contribution in [0.5, 0.6) is 0 Å². The predicted octanol–water partition coefficient (Wildman–Crippen LogP) is 0.421. The van der Waals surface area contributed by atoms with Gasteiger partial charge in [0.05, 0.1) is 12.8 Å². The molecule has 2 rings (SSSR count). The smallest absolute Gasteiger partial charge is 0.411 e. The second-order valence-electron chi connectivity index (χ2n) is 9.09. The van der Waals surface area contributed by atoms with Crippen LogP contribution < -0.4 is 5.73 Å². The Morgan fingerprint density at radius 2 is 1.88 bits per heavy atom. The highest BCUT2D eigenvalue weighted by molar-refractivity contribution is 7.85. The first kappa shape index (κ1) is 26.1. The molecule has 32 heavy (non-hydrogen) atoms. The highest BCUT2D eigenvalue weighted by atomic mass is 32.2. The molecule has 2 aliphatic heterocycles. The average molecular weight is 478 g/mol. The summed E-state index contributed by atoms with van der Waals surface area (Å²) in [5.74, 6) is -0.0808. The fraction of sp³-hybridized carbons (Fsp3) is 0.842. The van der Waals surface area contributed by atoms with Crippen molar-refractivity contribution in [2.75, 3.05) is 52.1 Å². The maximum absolute atomic E-state index is 12.4. The van der Waals surface area contributed by atoms with Gasteiger partial charge in [-0.1, -0.05) is 0 Å². The van der Waals surface area contributed by atoms with Gasteiger partial charge in [0.2, 0.25) is 0 Å². The third kappa shape index (κ3) is 8.43. The fourth-order valence-electron chi connectivity index (χ4n) is 3.53. The summed E-state index contributed by atoms with van der Waals surface area (Å²) in [5.41, 5.74) is 5.12. The molecule has 0 aromatic heterocycles. The molecular formula is C19H35N5O7S. The molecule has 2 atom stereocenters. The Kier molecular flexibility index (Phi) is 8.71. The van der Waals surface area contributed by atoms with E-state index in [9.17, 15) is 18.0 Å². The standard InChI is InChI=1S/C19H35N5O7S/c1-19(2,3)31-18(26)24-10-9-22(12-15(24)16(20)21)7-5-6-8-23-11-14(30-17(23)25)13-29-32(4,27)28/h14-15H,5-13H2,1-4H3,(H3,20,21). The van der Waals surface area contributed by atoms with Crippen LogP contribution in [0.25, 0.3) is 0 Å². The zero-order valence-electron chi connectivity index (χ0n) is 19.2. The van der Waals surface area contributed by atoms with Gasteiger partial charge in [-0.25, -0.2) is 9.59 Å². The number of hydrogen-bond acceptors (Lipinski definition) is 9. The van der Waals surface area contributed by atoms with Gasteiger partial charge in [0.1, 0.15) is 30.2 Å². The second kappa shape index (κ2) is 10.7. The van der Waals surface area contributed by atoms with Gasteiger partial charge >= 0.3 is 12.2 Å². The Labute approximate surface area is 189 Å². The molecular weight excluding hydrogens is 442 g/mol. The van der Waals surface area contributed by atoms with Crippen LogP contribution in [0.15, 0.2) is 0 Å². The first-order chi connectivity index (χ1) is 14.7. The Hall–Kier alpha value is -2.12. The molecule has 0 aliphatic carbocycles. The Morgan fingerprint density at radius 3 is 2.47 bits per heavy atom. The lowest BCUT2D eigenvalue weighted by Crippen LogP contribution is -2.60. The molecule has 2 fully saturated rings. The topological polar surface area (TPSA) is 156 Å². The number of carbonyl (C=O) groups excluding carboxylic acids is 2. The van der Waals surface area contributed by atoms with Gasteiger partial charge in [0, 0.05) is 26.2 Å². The lowest BCUT2D eigenvalue weighted by Gasteiger charge is -2.41. The highest BCUT2D eigenvalue weighted by Crippen LogP contribution is 2.17. The lowest BCUT2D eigenvalue weighted by molar-refractivity contribution is 0.00743. The van der Waals surface area contributed by atoms with Crippen molar-refractivity contribution in [3.63, 3.8) is 0 Å². The van der Waals surface area contributed by atoms with Gasteiger partial charge in [-0.15, -0.1) is 0 Å². The molecule has 2 aliphatic rings. The third-order valence-corrected chi connectivity index (χ3v) is 5.59. The van der Waals surface area contributed by atoms with E-state index in [-0.39, 0.29) is 19.0 Å². The van der Waals surface area contributed by atoms with Gasteiger partial charge in [0.25, 0.3) is 10.1 Å². The van der Waals surface area contributed by atoms with Crippen LogP contribution >= 0.6 is 0 Å². The molecule has 2 saturated heterocycles. The van der Waals surface area contributed by atoms with Crippen LogP contribution in [0.3, 0.4) is 0 Å². The minimum absolute atomic E-state index is 0.0808. The molecule has 0 aromatic carbocycles. The van der Waals surface area contributed by atoms with Crippen molar-refractivity contribution in [3.8, 4) is 0 Å². The average Bonchev–Trinajstić information content (AvgIpc) is 3.01. The molecule has 0 aromatic rings. The summed E-state index contributed by atoms with van der Waals surface area (Å²) in [6, 6.07) is -0.539. The number of piperazine rings is 1. The van der Waals surface area contributed by atoms with Crippen molar-refractivity contribution >= 4 is 28.1 Å². The highest BCUT2D eigenvalue weighted by Gasteiger charge is 2.35. The summed E-state index contributed by atoms with van der Waals surface area (Å²) in [4.78, 5) is 29.5. The van der Waals surface area contributed by atoms with Crippen molar-refractivity contribution < 1.29 is 31.7 Å². The maximum atomic E-state index is 12.4. The van der Waals surface area contributed by atoms with E-state index in [1.54, 1.807) is 20.8 Å². The molecule has 13 heteroatoms. The predicted molar refractivity (Wildman–Crippen MR) is 117 cm³/mol. The summed E-state index contributed by atoms with van der Waals surface area (Å²) in [5, 5.41) is 7.87. The quantitative estimate of drug-likeness (QED) is 0.208. The molecule has 184 valence electrons. The van der Waals surface area contributed by atoms with Crippen LogP contribution in [0, 0.1) is 5.41 Å². The molecule has 0 spiro atoms. The Bertz CT molecular complexity index is 798. The molecule has 12 nitrogen and oxygen atoms in total. The summed E-state index contributed by atoms with van der Waals surface area (Å²) in [6.45, 7) is 8.20. The summed E-state index contributed by atoms with van der Waals surface area (Å²) >= 11 is 0. The molecule has 0 saturated carbocycles. The number of ether oxygens (including phenoxy) is 2. The van der Waals surface area contributed by atoms with Crippen molar-refractivity contribution in [1.29, 1.82) is 5.41 Å². The van der Waals surface area contributed by atoms with E-state index in [4.69, 9.17) is 24.8 Å². The Balaban J connectivity index is 1.74. The molecule has 0 bridgehead atoms. The molecule has 2 amide bonds. The summed E-state index contributed by atoms with van der Waals surface area (Å²) < 4.78 is 37.4. The van der Waals surface area contributed by atoms with E-state index in [0.29, 0.717) is 26.2 Å². The van der Waals surface area contributed by atoms with Gasteiger partial charge < -0.3 is 20.1 Å². The molecule has 2 heterocycles. The number of rotatable bonds is 9. The maximum Gasteiger partial charge on any atom is 0.411 e. The summed E-state index contributed by atoms with van der Waals surface area (Å²) in [6.07, 6.45) is 0.923. The van der Waals surface area contributed by atoms with E-state index >= 15 is 0 Å². The number of nitrogens with two attached hydrogens (primary N) is 1. The van der Waals surface area contributed by atoms with Crippen molar-refractivity contribution in [2.24, 2.45) is 5.73 Å². The zero-order valence-corrected chi connectivity index (χ0v) is 20.0. The van der Waals surface area contributed by atoms with E-state index in [1.807, 2.05) is 0 Å². The van der Waals surface area contributed by atoms with Gasteiger partial charge in [-0.05, 0) is 40.2 Å². The molecule has 3 N–H and O–H groups in total. The zero-order chi connectivity index (χ0) is 24.1. The van der Waals surface area contributed by atoms with Gasteiger partial charge in [-0.2, -0.15) is 8.42 Å². The third-order valence-electron chi connectivity index (χ3n) is 5.02. The SMILES string of the molecule is CC(C)(C)OC(=O)N1CCN(CCCCN2CC(COS(C)(=O)=O)OC2=O)CC1C(=N)N. The second-order valence-corrected chi connectivity index (χ2v) is 10.7. The van der Waals surface area contributed by atoms with Gasteiger partial charge in [-0.3, -0.25) is 19.4 Å². The monoisotopic (exact) mass is 477 g/mol. The van der Waals surface area contributed by atoms with Crippen LogP contribution in [0.4, 0.5) is 9.59 Å². The van der Waals surface area contributed by atoms with E-state index in [0.717, 1.165) is 25.6 Å². The first-order valence-corrected chi connectivity index (χ1v) is 12.4. The van der Waals surface area contributed by atoms with E-state index in [1.165, 1.54) is 9.80 Å². The van der Waals surface area contributed by atoms with Crippen LogP contribution in [0.1, 0.15) is 33.6 Å². The summed E-state index contributed by atoms with van der Waals surface area (Å²) in [7, 11) is -3.58. The largest absolute Gasteiger partial charge is 0.444 e. The molecule has 2 unspecified atom stereocenters. The minimum Gasteiger partial charge on any atom is -0.444 e. The van der Waals surface area contributed by atoms with Crippen LogP contribution in [0.2, 0.25) is 0 Å². The number of cyclic esters (lactones) is 1. The number of amidine groups is 1. The number of nitrogens with zero attached hydrogens (tertiary/aromatic N) is 3. The number of amides is 2. The van der Waals surface area contributed by atoms with Crippen molar-refractivity contribution in [3.05, 3.63) is 0 Å².